The second-order valence-electron chi connectivity index (χ2n) is 12.3. The van der Waals surface area contributed by atoms with Gasteiger partial charge in [0.25, 0.3) is 5.91 Å². The van der Waals surface area contributed by atoms with Gasteiger partial charge in [0.05, 0.1) is 36.4 Å². The van der Waals surface area contributed by atoms with Crippen LogP contribution < -0.4 is 20.5 Å². The highest BCUT2D eigenvalue weighted by Crippen LogP contribution is 2.36. The molecule has 5 rings (SSSR count). The molecule has 2 fully saturated rings. The maximum atomic E-state index is 13.2. The summed E-state index contributed by atoms with van der Waals surface area (Å²) < 4.78 is 50.1. The molecule has 0 aliphatic carbocycles. The first-order valence-electron chi connectivity index (χ1n) is 16.1. The summed E-state index contributed by atoms with van der Waals surface area (Å²) in [4.78, 5) is 17.7. The van der Waals surface area contributed by atoms with E-state index < -0.39 is 28.7 Å². The maximum Gasteiger partial charge on any atom is 0.417 e. The Morgan fingerprint density at radius 2 is 1.43 bits per heavy atom. The highest BCUT2D eigenvalue weighted by atomic mass is 35.5. The van der Waals surface area contributed by atoms with Gasteiger partial charge in [-0.3, -0.25) is 14.6 Å². The summed E-state index contributed by atoms with van der Waals surface area (Å²) in [6.45, 7) is 7.97. The molecule has 0 radical (unpaired) electrons. The number of hydrogen-bond acceptors (Lipinski definition) is 6. The van der Waals surface area contributed by atoms with Crippen LogP contribution in [0.2, 0.25) is 5.02 Å². The lowest BCUT2D eigenvalue weighted by Crippen LogP contribution is -2.39. The van der Waals surface area contributed by atoms with E-state index in [2.05, 4.69) is 35.0 Å². The molecule has 3 aromatic carbocycles. The molecule has 2 heterocycles. The van der Waals surface area contributed by atoms with Crippen molar-refractivity contribution in [1.82, 2.24) is 15.1 Å². The molecule has 2 aliphatic rings. The lowest BCUT2D eigenvalue weighted by Gasteiger charge is -2.28. The first-order chi connectivity index (χ1) is 22.4. The van der Waals surface area contributed by atoms with Crippen molar-refractivity contribution in [2.75, 3.05) is 40.4 Å². The Bertz CT molecular complexity index is 1470. The number of nitrogens with zero attached hydrogens (tertiary/aromatic N) is 2. The Hall–Kier alpha value is -3.31. The number of methoxy groups -OCH3 is 2. The minimum atomic E-state index is -4.63. The Labute approximate surface area is 281 Å². The van der Waals surface area contributed by atoms with Gasteiger partial charge in [-0.15, -0.1) is 0 Å². The molecule has 0 spiro atoms. The average Bonchev–Trinajstić information content (AvgIpc) is 3.66. The van der Waals surface area contributed by atoms with Crippen LogP contribution in [0.3, 0.4) is 0 Å². The van der Waals surface area contributed by atoms with E-state index in [1.54, 1.807) is 20.3 Å². The van der Waals surface area contributed by atoms with E-state index in [1.807, 2.05) is 36.4 Å². The van der Waals surface area contributed by atoms with Gasteiger partial charge in [-0.2, -0.15) is 13.2 Å². The third-order valence-corrected chi connectivity index (χ3v) is 9.51. The fraction of sp³-hybridized carbons (Fsp3) is 0.472. The molecule has 11 heteroatoms. The van der Waals surface area contributed by atoms with Gasteiger partial charge in [0, 0.05) is 31.2 Å². The minimum absolute atomic E-state index is 0.0747. The summed E-state index contributed by atoms with van der Waals surface area (Å²) >= 11 is 5.95. The topological polar surface area (TPSA) is 80.1 Å². The normalized spacial score (nSPS) is 19.9. The molecule has 2 unspecified atom stereocenters. The Kier molecular flexibility index (Phi) is 13.0. The monoisotopic (exact) mass is 674 g/mol. The van der Waals surface area contributed by atoms with Crippen molar-refractivity contribution in [1.29, 1.82) is 0 Å². The van der Waals surface area contributed by atoms with Crippen LogP contribution in [0, 0.1) is 0 Å². The van der Waals surface area contributed by atoms with Crippen LogP contribution >= 0.6 is 11.6 Å². The molecular weight excluding hydrogens is 629 g/mol. The Morgan fingerprint density at radius 3 is 1.96 bits per heavy atom. The fourth-order valence-electron chi connectivity index (χ4n) is 6.25. The molecular formula is C36H46ClF3N4O3. The SMILES string of the molecule is COc1cccc([C@@H](CN2CCCC2C)NC(=O)c2cccc(C(F)(F)F)c2Cl)c1.COc1cccc([C@H](N)CN2CCCC2C)c1. The summed E-state index contributed by atoms with van der Waals surface area (Å²) in [7, 11) is 3.24. The van der Waals surface area contributed by atoms with E-state index in [9.17, 15) is 18.0 Å². The number of ether oxygens (including phenoxy) is 2. The number of nitrogens with two attached hydrogens (primary N) is 1. The molecule has 4 atom stereocenters. The van der Waals surface area contributed by atoms with Crippen molar-refractivity contribution in [3.8, 4) is 11.5 Å². The molecule has 0 saturated carbocycles. The largest absolute Gasteiger partial charge is 0.497 e. The first-order valence-corrected chi connectivity index (χ1v) is 16.5. The molecule has 7 nitrogen and oxygen atoms in total. The zero-order valence-corrected chi connectivity index (χ0v) is 28.3. The average molecular weight is 675 g/mol. The smallest absolute Gasteiger partial charge is 0.417 e. The number of nitrogens with one attached hydrogen (secondary N) is 1. The van der Waals surface area contributed by atoms with Crippen molar-refractivity contribution < 1.29 is 27.4 Å². The van der Waals surface area contributed by atoms with Gasteiger partial charge in [0.1, 0.15) is 11.5 Å². The number of rotatable bonds is 10. The number of likely N-dealkylation sites (tertiary alicyclic amines) is 2. The summed E-state index contributed by atoms with van der Waals surface area (Å²) in [5.41, 5.74) is 7.00. The second kappa shape index (κ2) is 16.7. The minimum Gasteiger partial charge on any atom is -0.497 e. The van der Waals surface area contributed by atoms with E-state index in [-0.39, 0.29) is 11.6 Å². The predicted octanol–water partition coefficient (Wildman–Crippen LogP) is 7.50. The number of amides is 1. The first kappa shape index (κ1) is 36.5. The van der Waals surface area contributed by atoms with Gasteiger partial charge in [-0.05, 0) is 100 Å². The van der Waals surface area contributed by atoms with E-state index in [0.717, 1.165) is 48.9 Å². The van der Waals surface area contributed by atoms with Crippen molar-refractivity contribution in [3.63, 3.8) is 0 Å². The zero-order valence-electron chi connectivity index (χ0n) is 27.5. The van der Waals surface area contributed by atoms with Crippen LogP contribution in [0.5, 0.6) is 11.5 Å². The summed E-state index contributed by atoms with van der Waals surface area (Å²) in [5.74, 6) is 0.872. The molecule has 0 bridgehead atoms. The van der Waals surface area contributed by atoms with Crippen molar-refractivity contribution in [2.24, 2.45) is 5.73 Å². The third-order valence-electron chi connectivity index (χ3n) is 9.10. The number of alkyl halides is 3. The number of carbonyl (C=O) groups excluding carboxylic acids is 1. The second-order valence-corrected chi connectivity index (χ2v) is 12.7. The van der Waals surface area contributed by atoms with Gasteiger partial charge in [0.15, 0.2) is 0 Å². The Morgan fingerprint density at radius 1 is 0.894 bits per heavy atom. The lowest BCUT2D eigenvalue weighted by molar-refractivity contribution is -0.137. The molecule has 0 aromatic heterocycles. The van der Waals surface area contributed by atoms with Crippen LogP contribution in [-0.2, 0) is 6.18 Å². The molecule has 256 valence electrons. The third kappa shape index (κ3) is 9.85. The summed E-state index contributed by atoms with van der Waals surface area (Å²) in [6.07, 6.45) is 0.0962. The molecule has 3 aromatic rings. The molecule has 2 saturated heterocycles. The van der Waals surface area contributed by atoms with Gasteiger partial charge in [0.2, 0.25) is 0 Å². The van der Waals surface area contributed by atoms with E-state index in [0.29, 0.717) is 24.4 Å². The van der Waals surface area contributed by atoms with Gasteiger partial charge in [-0.1, -0.05) is 41.9 Å². The van der Waals surface area contributed by atoms with Gasteiger partial charge >= 0.3 is 6.18 Å². The van der Waals surface area contributed by atoms with Crippen LogP contribution in [0.25, 0.3) is 0 Å². The van der Waals surface area contributed by atoms with Crippen LogP contribution in [0.4, 0.5) is 13.2 Å². The summed E-state index contributed by atoms with van der Waals surface area (Å²) in [5, 5.41) is 2.28. The van der Waals surface area contributed by atoms with E-state index >= 15 is 0 Å². The predicted molar refractivity (Wildman–Crippen MR) is 180 cm³/mol. The number of hydrogen-bond donors (Lipinski definition) is 2. The lowest BCUT2D eigenvalue weighted by atomic mass is 10.0. The zero-order chi connectivity index (χ0) is 34.1. The maximum absolute atomic E-state index is 13.2. The highest BCUT2D eigenvalue weighted by molar-refractivity contribution is 6.34. The quantitative estimate of drug-likeness (QED) is 0.232. The number of carbonyl (C=O) groups is 1. The Balaban J connectivity index is 0.000000248. The highest BCUT2D eigenvalue weighted by Gasteiger charge is 2.35. The van der Waals surface area contributed by atoms with E-state index in [1.165, 1.54) is 31.5 Å². The molecule has 1 amide bonds. The number of halogens is 4. The molecule has 2 aliphatic heterocycles. The van der Waals surface area contributed by atoms with Crippen LogP contribution in [0.15, 0.2) is 66.7 Å². The standard InChI is InChI=1S/C22H24ClF3N2O2.C14H22N2O/c1-14-6-5-11-28(14)13-19(15-7-3-8-16(12-15)30-2)27-21(29)17-9-4-10-18(20(17)23)22(24,25)26;1-11-5-4-8-16(11)10-14(15)12-6-3-7-13(9-12)17-2/h3-4,7-10,12,14,19H,5-6,11,13H2,1-2H3,(H,27,29);3,6-7,9,11,14H,4-5,8,10,15H2,1-2H3/t14?,19-;11?,14-/m11/s1. The van der Waals surface area contributed by atoms with Crippen LogP contribution in [0.1, 0.15) is 78.7 Å². The van der Waals surface area contributed by atoms with E-state index in [4.69, 9.17) is 26.8 Å². The summed E-state index contributed by atoms with van der Waals surface area (Å²) in [6, 6.07) is 19.4. The fourth-order valence-corrected chi connectivity index (χ4v) is 6.57. The van der Waals surface area contributed by atoms with Gasteiger partial charge < -0.3 is 20.5 Å². The molecule has 47 heavy (non-hydrogen) atoms. The molecule has 3 N–H and O–H groups in total. The van der Waals surface area contributed by atoms with Crippen molar-refractivity contribution in [3.05, 3.63) is 94.0 Å². The van der Waals surface area contributed by atoms with Crippen molar-refractivity contribution in [2.45, 2.75) is 69.9 Å². The van der Waals surface area contributed by atoms with Gasteiger partial charge in [-0.25, -0.2) is 0 Å². The van der Waals surface area contributed by atoms with Crippen LogP contribution in [-0.4, -0.2) is 68.2 Å². The number of benzene rings is 3. The van der Waals surface area contributed by atoms with Crippen molar-refractivity contribution >= 4 is 17.5 Å².